The second kappa shape index (κ2) is 7.91. The Bertz CT molecular complexity index is 1020. The number of non-ortho nitro benzene ring substituents is 1. The van der Waals surface area contributed by atoms with E-state index in [0.717, 1.165) is 11.1 Å². The van der Waals surface area contributed by atoms with Gasteiger partial charge >= 0.3 is 0 Å². The number of aryl methyl sites for hydroxylation is 3. The Labute approximate surface area is 161 Å². The van der Waals surface area contributed by atoms with Crippen molar-refractivity contribution in [2.45, 2.75) is 27.3 Å². The Balaban J connectivity index is 1.88. The number of hydrogen-bond acceptors (Lipinski definition) is 5. The van der Waals surface area contributed by atoms with Gasteiger partial charge in [-0.15, -0.1) is 0 Å². The zero-order valence-electron chi connectivity index (χ0n) is 15.8. The van der Waals surface area contributed by atoms with E-state index in [4.69, 9.17) is 4.74 Å². The maximum absolute atomic E-state index is 12.4. The smallest absolute Gasteiger partial charge is 0.275 e. The van der Waals surface area contributed by atoms with Crippen molar-refractivity contribution in [3.05, 3.63) is 75.6 Å². The highest BCUT2D eigenvalue weighted by Gasteiger charge is 2.15. The number of rotatable bonds is 6. The summed E-state index contributed by atoms with van der Waals surface area (Å²) in [5, 5.41) is 18.0. The molecule has 0 radical (unpaired) electrons. The van der Waals surface area contributed by atoms with Crippen LogP contribution in [-0.2, 0) is 6.54 Å². The van der Waals surface area contributed by atoms with Crippen LogP contribution in [0, 0.1) is 24.0 Å². The summed E-state index contributed by atoms with van der Waals surface area (Å²) < 4.78 is 7.43. The van der Waals surface area contributed by atoms with E-state index in [1.54, 1.807) is 16.9 Å². The summed E-state index contributed by atoms with van der Waals surface area (Å²) in [4.78, 5) is 23.2. The SMILES string of the molecule is CCn1cc(C(=O)Nc2cc(Oc3cc(C)cc(C)c3)cc([N+](=O)[O-])c2)cn1. The molecule has 1 amide bonds. The molecule has 0 atom stereocenters. The van der Waals surface area contributed by atoms with Gasteiger partial charge in [-0.1, -0.05) is 6.07 Å². The molecule has 0 aliphatic rings. The van der Waals surface area contributed by atoms with Crippen molar-refractivity contribution >= 4 is 17.3 Å². The highest BCUT2D eigenvalue weighted by molar-refractivity contribution is 6.04. The molecule has 0 saturated carbocycles. The minimum atomic E-state index is -0.529. The lowest BCUT2D eigenvalue weighted by atomic mass is 10.1. The lowest BCUT2D eigenvalue weighted by Crippen LogP contribution is -2.11. The molecule has 0 saturated heterocycles. The van der Waals surface area contributed by atoms with Crippen LogP contribution in [0.5, 0.6) is 11.5 Å². The standard InChI is InChI=1S/C20H20N4O4/c1-4-23-12-15(11-21-23)20(25)22-16-8-17(24(26)27)10-19(9-16)28-18-6-13(2)5-14(3)7-18/h5-12H,4H2,1-3H3,(H,22,25). The third-order valence-electron chi connectivity index (χ3n) is 4.01. The first-order valence-electron chi connectivity index (χ1n) is 8.73. The second-order valence-corrected chi connectivity index (χ2v) is 6.44. The number of carbonyl (C=O) groups excluding carboxylic acids is 1. The Morgan fingerprint density at radius 1 is 1.14 bits per heavy atom. The molecule has 0 spiro atoms. The predicted octanol–water partition coefficient (Wildman–Crippen LogP) is 4.47. The van der Waals surface area contributed by atoms with Gasteiger partial charge in [0.1, 0.15) is 11.5 Å². The van der Waals surface area contributed by atoms with Crippen LogP contribution in [0.2, 0.25) is 0 Å². The Morgan fingerprint density at radius 3 is 2.43 bits per heavy atom. The van der Waals surface area contributed by atoms with Crippen LogP contribution in [0.15, 0.2) is 48.8 Å². The molecule has 0 bridgehead atoms. The third kappa shape index (κ3) is 4.53. The molecular weight excluding hydrogens is 360 g/mol. The largest absolute Gasteiger partial charge is 0.457 e. The number of hydrogen-bond donors (Lipinski definition) is 1. The van der Waals surface area contributed by atoms with Crippen LogP contribution in [0.4, 0.5) is 11.4 Å². The number of benzene rings is 2. The molecule has 1 aromatic heterocycles. The van der Waals surface area contributed by atoms with E-state index in [0.29, 0.717) is 17.9 Å². The Hall–Kier alpha value is -3.68. The Kier molecular flexibility index (Phi) is 5.39. The molecule has 1 N–H and O–H groups in total. The average Bonchev–Trinajstić information content (AvgIpc) is 3.10. The molecule has 0 fully saturated rings. The molecule has 0 unspecified atom stereocenters. The molecule has 8 heteroatoms. The topological polar surface area (TPSA) is 99.3 Å². The van der Waals surface area contributed by atoms with Gasteiger partial charge in [-0.2, -0.15) is 5.10 Å². The molecule has 0 aliphatic carbocycles. The quantitative estimate of drug-likeness (QED) is 0.502. The van der Waals surface area contributed by atoms with Gasteiger partial charge in [0, 0.05) is 24.9 Å². The van der Waals surface area contributed by atoms with Gasteiger partial charge in [-0.3, -0.25) is 19.6 Å². The summed E-state index contributed by atoms with van der Waals surface area (Å²) >= 11 is 0. The van der Waals surface area contributed by atoms with E-state index in [-0.39, 0.29) is 17.1 Å². The summed E-state index contributed by atoms with van der Waals surface area (Å²) in [6, 6.07) is 9.83. The number of nitro benzene ring substituents is 1. The molecule has 144 valence electrons. The van der Waals surface area contributed by atoms with E-state index in [2.05, 4.69) is 10.4 Å². The molecule has 3 rings (SSSR count). The summed E-state index contributed by atoms with van der Waals surface area (Å²) in [6.45, 7) is 6.43. The van der Waals surface area contributed by atoms with E-state index < -0.39 is 10.8 Å². The van der Waals surface area contributed by atoms with Gasteiger partial charge in [0.05, 0.1) is 28.4 Å². The summed E-state index contributed by atoms with van der Waals surface area (Å²) in [6.07, 6.45) is 3.06. The van der Waals surface area contributed by atoms with Crippen LogP contribution in [-0.4, -0.2) is 20.6 Å². The first-order chi connectivity index (χ1) is 13.3. The first kappa shape index (κ1) is 19.1. The van der Waals surface area contributed by atoms with E-state index in [1.165, 1.54) is 18.3 Å². The third-order valence-corrected chi connectivity index (χ3v) is 4.01. The molecule has 8 nitrogen and oxygen atoms in total. The van der Waals surface area contributed by atoms with Gasteiger partial charge in [0.25, 0.3) is 11.6 Å². The zero-order chi connectivity index (χ0) is 20.3. The molecular formula is C20H20N4O4. The molecule has 28 heavy (non-hydrogen) atoms. The first-order valence-corrected chi connectivity index (χ1v) is 8.73. The number of carbonyl (C=O) groups is 1. The summed E-state index contributed by atoms with van der Waals surface area (Å²) in [5.41, 5.74) is 2.48. The number of amides is 1. The van der Waals surface area contributed by atoms with Gasteiger partial charge < -0.3 is 10.1 Å². The highest BCUT2D eigenvalue weighted by atomic mass is 16.6. The minimum Gasteiger partial charge on any atom is -0.457 e. The zero-order valence-corrected chi connectivity index (χ0v) is 15.8. The van der Waals surface area contributed by atoms with Crippen molar-refractivity contribution in [1.29, 1.82) is 0 Å². The number of nitrogens with zero attached hydrogens (tertiary/aromatic N) is 3. The van der Waals surface area contributed by atoms with Crippen molar-refractivity contribution in [2.24, 2.45) is 0 Å². The van der Waals surface area contributed by atoms with E-state index >= 15 is 0 Å². The molecule has 2 aromatic carbocycles. The average molecular weight is 380 g/mol. The molecule has 3 aromatic rings. The van der Waals surface area contributed by atoms with Crippen LogP contribution in [0.1, 0.15) is 28.4 Å². The van der Waals surface area contributed by atoms with Gasteiger partial charge in [-0.25, -0.2) is 0 Å². The lowest BCUT2D eigenvalue weighted by Gasteiger charge is -2.10. The number of ether oxygens (including phenoxy) is 1. The highest BCUT2D eigenvalue weighted by Crippen LogP contribution is 2.30. The van der Waals surface area contributed by atoms with E-state index in [1.807, 2.05) is 39.0 Å². The molecule has 1 heterocycles. The van der Waals surface area contributed by atoms with Crippen molar-refractivity contribution in [2.75, 3.05) is 5.32 Å². The maximum Gasteiger partial charge on any atom is 0.275 e. The fourth-order valence-electron chi connectivity index (χ4n) is 2.80. The minimum absolute atomic E-state index is 0.179. The summed E-state index contributed by atoms with van der Waals surface area (Å²) in [5.74, 6) is 0.427. The van der Waals surface area contributed by atoms with Crippen LogP contribution in [0.25, 0.3) is 0 Å². The number of aromatic nitrogens is 2. The van der Waals surface area contributed by atoms with Gasteiger partial charge in [0.2, 0.25) is 0 Å². The fourth-order valence-corrected chi connectivity index (χ4v) is 2.80. The van der Waals surface area contributed by atoms with Crippen LogP contribution < -0.4 is 10.1 Å². The predicted molar refractivity (Wildman–Crippen MR) is 105 cm³/mol. The number of nitro groups is 1. The number of anilines is 1. The number of nitrogens with one attached hydrogen (secondary N) is 1. The van der Waals surface area contributed by atoms with Crippen molar-refractivity contribution in [1.82, 2.24) is 9.78 Å². The monoisotopic (exact) mass is 380 g/mol. The maximum atomic E-state index is 12.4. The van der Waals surface area contributed by atoms with Crippen LogP contribution in [0.3, 0.4) is 0 Å². The second-order valence-electron chi connectivity index (χ2n) is 6.44. The van der Waals surface area contributed by atoms with Crippen molar-refractivity contribution in [3.63, 3.8) is 0 Å². The molecule has 0 aliphatic heterocycles. The fraction of sp³-hybridized carbons (Fsp3) is 0.200. The van der Waals surface area contributed by atoms with Crippen LogP contribution >= 0.6 is 0 Å². The lowest BCUT2D eigenvalue weighted by molar-refractivity contribution is -0.384. The van der Waals surface area contributed by atoms with Gasteiger partial charge in [0.15, 0.2) is 0 Å². The van der Waals surface area contributed by atoms with Crippen molar-refractivity contribution in [3.8, 4) is 11.5 Å². The van der Waals surface area contributed by atoms with Crippen molar-refractivity contribution < 1.29 is 14.5 Å². The van der Waals surface area contributed by atoms with E-state index in [9.17, 15) is 14.9 Å². The Morgan fingerprint density at radius 2 is 1.82 bits per heavy atom. The van der Waals surface area contributed by atoms with Gasteiger partial charge in [-0.05, 0) is 44.0 Å². The normalized spacial score (nSPS) is 10.5. The summed E-state index contributed by atoms with van der Waals surface area (Å²) in [7, 11) is 0.